The maximum absolute atomic E-state index is 12.4. The second-order valence-corrected chi connectivity index (χ2v) is 5.80. The van der Waals surface area contributed by atoms with Gasteiger partial charge in [0.25, 0.3) is 0 Å². The molecule has 0 unspecified atom stereocenters. The van der Waals surface area contributed by atoms with Crippen LogP contribution in [0.1, 0.15) is 26.2 Å². The van der Waals surface area contributed by atoms with Gasteiger partial charge < -0.3 is 9.47 Å². The van der Waals surface area contributed by atoms with Crippen LogP contribution in [0.3, 0.4) is 0 Å². The number of carbonyl (C=O) groups is 2. The second kappa shape index (κ2) is 8.29. The SMILES string of the molecule is CCCOc1ccc(OC(=O)C2=NN(c3ccccc3)C(=O)CC2)cc1. The third-order valence-corrected chi connectivity index (χ3v) is 3.78. The summed E-state index contributed by atoms with van der Waals surface area (Å²) in [5, 5.41) is 5.44. The lowest BCUT2D eigenvalue weighted by molar-refractivity contribution is -0.127. The molecule has 2 aromatic rings. The van der Waals surface area contributed by atoms with Crippen molar-refractivity contribution in [1.29, 1.82) is 0 Å². The highest BCUT2D eigenvalue weighted by atomic mass is 16.5. The van der Waals surface area contributed by atoms with E-state index in [2.05, 4.69) is 5.10 Å². The number of nitrogens with zero attached hydrogens (tertiary/aromatic N) is 2. The average Bonchev–Trinajstić information content (AvgIpc) is 2.68. The highest BCUT2D eigenvalue weighted by molar-refractivity contribution is 6.38. The van der Waals surface area contributed by atoms with Gasteiger partial charge >= 0.3 is 5.97 Å². The number of esters is 1. The molecule has 0 fully saturated rings. The Bertz CT molecular complexity index is 800. The summed E-state index contributed by atoms with van der Waals surface area (Å²) in [6, 6.07) is 15.9. The Balaban J connectivity index is 1.70. The summed E-state index contributed by atoms with van der Waals surface area (Å²) in [6.45, 7) is 2.67. The van der Waals surface area contributed by atoms with Crippen LogP contribution >= 0.6 is 0 Å². The molecule has 0 aliphatic carbocycles. The summed E-state index contributed by atoms with van der Waals surface area (Å²) in [4.78, 5) is 24.5. The molecule has 0 saturated heterocycles. The van der Waals surface area contributed by atoms with Gasteiger partial charge in [-0.2, -0.15) is 5.10 Å². The molecule has 1 aliphatic rings. The molecular weight excluding hydrogens is 332 g/mol. The van der Waals surface area contributed by atoms with Crippen molar-refractivity contribution >= 4 is 23.3 Å². The van der Waals surface area contributed by atoms with Crippen LogP contribution in [-0.4, -0.2) is 24.2 Å². The topological polar surface area (TPSA) is 68.2 Å². The lowest BCUT2D eigenvalue weighted by Gasteiger charge is -2.22. The summed E-state index contributed by atoms with van der Waals surface area (Å²) in [6.07, 6.45) is 1.40. The van der Waals surface area contributed by atoms with Crippen LogP contribution in [0.15, 0.2) is 59.7 Å². The fraction of sp³-hybridized carbons (Fsp3) is 0.250. The van der Waals surface area contributed by atoms with E-state index >= 15 is 0 Å². The van der Waals surface area contributed by atoms with Crippen molar-refractivity contribution in [2.75, 3.05) is 11.6 Å². The molecule has 0 N–H and O–H groups in total. The number of amides is 1. The summed E-state index contributed by atoms with van der Waals surface area (Å²) in [7, 11) is 0. The first kappa shape index (κ1) is 17.7. The quantitative estimate of drug-likeness (QED) is 0.589. The summed E-state index contributed by atoms with van der Waals surface area (Å²) in [5.74, 6) is 0.429. The van der Waals surface area contributed by atoms with Crippen LogP contribution in [0.4, 0.5) is 5.69 Å². The predicted octanol–water partition coefficient (Wildman–Crippen LogP) is 3.56. The van der Waals surface area contributed by atoms with E-state index < -0.39 is 5.97 Å². The first-order valence-corrected chi connectivity index (χ1v) is 8.58. The Kier molecular flexibility index (Phi) is 5.63. The third-order valence-electron chi connectivity index (χ3n) is 3.78. The molecule has 1 heterocycles. The fourth-order valence-electron chi connectivity index (χ4n) is 2.46. The molecule has 134 valence electrons. The first-order valence-electron chi connectivity index (χ1n) is 8.58. The van der Waals surface area contributed by atoms with Crippen molar-refractivity contribution in [3.05, 3.63) is 54.6 Å². The highest BCUT2D eigenvalue weighted by Gasteiger charge is 2.26. The number of para-hydroxylation sites is 1. The van der Waals surface area contributed by atoms with Crippen molar-refractivity contribution in [2.24, 2.45) is 5.10 Å². The van der Waals surface area contributed by atoms with Gasteiger partial charge in [0.05, 0.1) is 12.3 Å². The molecule has 0 bridgehead atoms. The summed E-state index contributed by atoms with van der Waals surface area (Å²) >= 11 is 0. The average molecular weight is 352 g/mol. The number of benzene rings is 2. The standard InChI is InChI=1S/C20H20N2O4/c1-2-14-25-16-8-10-17(11-9-16)26-20(24)18-12-13-19(23)22(21-18)15-6-4-3-5-7-15/h3-11H,2,12-14H2,1H3. The number of rotatable bonds is 6. The maximum atomic E-state index is 12.4. The van der Waals surface area contributed by atoms with E-state index in [1.54, 1.807) is 36.4 Å². The number of hydrazone groups is 1. The lowest BCUT2D eigenvalue weighted by atomic mass is 10.1. The molecule has 6 heteroatoms. The van der Waals surface area contributed by atoms with Crippen molar-refractivity contribution in [3.8, 4) is 11.5 Å². The minimum Gasteiger partial charge on any atom is -0.494 e. The predicted molar refractivity (Wildman–Crippen MR) is 98.5 cm³/mol. The van der Waals surface area contributed by atoms with E-state index in [-0.39, 0.29) is 24.5 Å². The molecule has 1 amide bonds. The van der Waals surface area contributed by atoms with E-state index in [1.165, 1.54) is 5.01 Å². The van der Waals surface area contributed by atoms with Crippen molar-refractivity contribution < 1.29 is 19.1 Å². The monoisotopic (exact) mass is 352 g/mol. The van der Waals surface area contributed by atoms with Crippen LogP contribution in [0.25, 0.3) is 0 Å². The molecule has 2 aromatic carbocycles. The van der Waals surface area contributed by atoms with Crippen LogP contribution in [-0.2, 0) is 9.59 Å². The van der Waals surface area contributed by atoms with Gasteiger partial charge in [0.1, 0.15) is 17.2 Å². The molecule has 0 saturated carbocycles. The molecule has 0 radical (unpaired) electrons. The van der Waals surface area contributed by atoms with Crippen LogP contribution in [0.5, 0.6) is 11.5 Å². The van der Waals surface area contributed by atoms with Crippen molar-refractivity contribution in [1.82, 2.24) is 0 Å². The van der Waals surface area contributed by atoms with Crippen molar-refractivity contribution in [3.63, 3.8) is 0 Å². The molecule has 6 nitrogen and oxygen atoms in total. The van der Waals surface area contributed by atoms with E-state index in [4.69, 9.17) is 9.47 Å². The smallest absolute Gasteiger partial charge is 0.359 e. The molecule has 0 aromatic heterocycles. The zero-order valence-electron chi connectivity index (χ0n) is 14.6. The zero-order valence-corrected chi connectivity index (χ0v) is 14.6. The van der Waals surface area contributed by atoms with Crippen molar-refractivity contribution in [2.45, 2.75) is 26.2 Å². The lowest BCUT2D eigenvalue weighted by Crippen LogP contribution is -2.35. The van der Waals surface area contributed by atoms with Gasteiger partial charge in [-0.3, -0.25) is 4.79 Å². The minimum absolute atomic E-state index is 0.148. The van der Waals surface area contributed by atoms with Gasteiger partial charge in [-0.1, -0.05) is 25.1 Å². The van der Waals surface area contributed by atoms with Gasteiger partial charge in [-0.05, 0) is 42.8 Å². The molecule has 26 heavy (non-hydrogen) atoms. The Morgan fingerprint density at radius 1 is 1.04 bits per heavy atom. The Morgan fingerprint density at radius 3 is 2.42 bits per heavy atom. The maximum Gasteiger partial charge on any atom is 0.359 e. The van der Waals surface area contributed by atoms with Gasteiger partial charge in [0.15, 0.2) is 0 Å². The Morgan fingerprint density at radius 2 is 1.73 bits per heavy atom. The number of anilines is 1. The second-order valence-electron chi connectivity index (χ2n) is 5.80. The first-order chi connectivity index (χ1) is 12.7. The Hall–Kier alpha value is -3.15. The van der Waals surface area contributed by atoms with E-state index in [1.807, 2.05) is 25.1 Å². The van der Waals surface area contributed by atoms with E-state index in [0.717, 1.165) is 12.2 Å². The van der Waals surface area contributed by atoms with E-state index in [9.17, 15) is 9.59 Å². The third kappa shape index (κ3) is 4.27. The molecule has 0 atom stereocenters. The van der Waals surface area contributed by atoms with Gasteiger partial charge in [-0.15, -0.1) is 0 Å². The molecular formula is C20H20N2O4. The summed E-state index contributed by atoms with van der Waals surface area (Å²) in [5.41, 5.74) is 0.847. The van der Waals surface area contributed by atoms with Gasteiger partial charge in [-0.25, -0.2) is 9.80 Å². The van der Waals surface area contributed by atoms with Crippen LogP contribution in [0.2, 0.25) is 0 Å². The van der Waals surface area contributed by atoms with Crippen LogP contribution < -0.4 is 14.5 Å². The summed E-state index contributed by atoms with van der Waals surface area (Å²) < 4.78 is 10.9. The fourth-order valence-corrected chi connectivity index (χ4v) is 2.46. The largest absolute Gasteiger partial charge is 0.494 e. The molecule has 3 rings (SSSR count). The minimum atomic E-state index is -0.555. The number of hydrogen-bond donors (Lipinski definition) is 0. The van der Waals surface area contributed by atoms with E-state index in [0.29, 0.717) is 18.0 Å². The van der Waals surface area contributed by atoms with Gasteiger partial charge in [0.2, 0.25) is 5.91 Å². The Labute approximate surface area is 152 Å². The normalized spacial score (nSPS) is 14.0. The number of ether oxygens (including phenoxy) is 2. The van der Waals surface area contributed by atoms with Crippen LogP contribution in [0, 0.1) is 0 Å². The molecule has 0 spiro atoms. The highest BCUT2D eigenvalue weighted by Crippen LogP contribution is 2.22. The number of hydrogen-bond acceptors (Lipinski definition) is 5. The zero-order chi connectivity index (χ0) is 18.4. The number of carbonyl (C=O) groups excluding carboxylic acids is 2. The molecule has 1 aliphatic heterocycles. The van der Waals surface area contributed by atoms with Gasteiger partial charge in [0, 0.05) is 12.8 Å².